The lowest BCUT2D eigenvalue weighted by Crippen LogP contribution is -2.40. The van der Waals surface area contributed by atoms with Gasteiger partial charge in [-0.3, -0.25) is 0 Å². The third-order valence-electron chi connectivity index (χ3n) is 3.43. The number of ether oxygens (including phenoxy) is 1. The second-order valence-electron chi connectivity index (χ2n) is 4.92. The first-order valence-corrected chi connectivity index (χ1v) is 8.94. The van der Waals surface area contributed by atoms with Crippen LogP contribution in [-0.2, 0) is 14.7 Å². The molecule has 0 spiro atoms. The third kappa shape index (κ3) is 3.33. The zero-order valence-corrected chi connectivity index (χ0v) is 13.6. The van der Waals surface area contributed by atoms with E-state index in [9.17, 15) is 4.21 Å². The first kappa shape index (κ1) is 15.5. The highest BCUT2D eigenvalue weighted by Crippen LogP contribution is 2.25. The predicted molar refractivity (Wildman–Crippen MR) is 88.8 cm³/mol. The van der Waals surface area contributed by atoms with Crippen LogP contribution in [0, 0.1) is 0 Å². The number of nitrogens with zero attached hydrogens (tertiary/aromatic N) is 2. The van der Waals surface area contributed by atoms with E-state index in [4.69, 9.17) is 16.3 Å². The van der Waals surface area contributed by atoms with Gasteiger partial charge in [0.25, 0.3) is 0 Å². The van der Waals surface area contributed by atoms with E-state index in [2.05, 4.69) is 4.36 Å². The van der Waals surface area contributed by atoms with Gasteiger partial charge < -0.3 is 4.74 Å². The normalized spacial score (nSPS) is 18.6. The monoisotopic (exact) mass is 336 g/mol. The van der Waals surface area contributed by atoms with Crippen molar-refractivity contribution in [1.29, 1.82) is 0 Å². The van der Waals surface area contributed by atoms with Gasteiger partial charge in [0.1, 0.15) is 9.92 Å². The lowest BCUT2D eigenvalue weighted by atomic mass is 10.3. The number of benzene rings is 2. The van der Waals surface area contributed by atoms with Crippen LogP contribution < -0.4 is 0 Å². The minimum atomic E-state index is -2.70. The molecule has 1 unspecified atom stereocenters. The van der Waals surface area contributed by atoms with Crippen LogP contribution in [0.25, 0.3) is 0 Å². The molecule has 1 fully saturated rings. The largest absolute Gasteiger partial charge is 0.379 e. The molecule has 3 rings (SSSR count). The van der Waals surface area contributed by atoms with E-state index < -0.39 is 9.92 Å². The van der Waals surface area contributed by atoms with Crippen molar-refractivity contribution in [2.24, 2.45) is 4.36 Å². The SMILES string of the molecule is O=S(=Nc1ccc(Cl)cc1)(c1ccccc1)N1CCOCC1. The molecule has 1 aliphatic heterocycles. The van der Waals surface area contributed by atoms with Crippen LogP contribution in [0.2, 0.25) is 5.02 Å². The highest BCUT2D eigenvalue weighted by molar-refractivity contribution is 7.91. The first-order chi connectivity index (χ1) is 10.7. The number of rotatable bonds is 3. The van der Waals surface area contributed by atoms with Crippen LogP contribution in [0.3, 0.4) is 0 Å². The summed E-state index contributed by atoms with van der Waals surface area (Å²) >= 11 is 5.91. The molecule has 1 heterocycles. The molecule has 0 aromatic heterocycles. The van der Waals surface area contributed by atoms with E-state index in [-0.39, 0.29) is 0 Å². The first-order valence-electron chi connectivity index (χ1n) is 7.09. The summed E-state index contributed by atoms with van der Waals surface area (Å²) in [7, 11) is -2.70. The van der Waals surface area contributed by atoms with E-state index in [1.807, 2.05) is 34.6 Å². The quantitative estimate of drug-likeness (QED) is 0.856. The summed E-state index contributed by atoms with van der Waals surface area (Å²) in [5, 5.41) is 0.636. The van der Waals surface area contributed by atoms with Gasteiger partial charge in [-0.25, -0.2) is 8.51 Å². The van der Waals surface area contributed by atoms with E-state index in [0.29, 0.717) is 41.9 Å². The van der Waals surface area contributed by atoms with E-state index in [1.165, 1.54) is 0 Å². The number of halogens is 1. The Balaban J connectivity index is 2.10. The smallest absolute Gasteiger partial charge is 0.144 e. The Labute approximate surface area is 136 Å². The molecule has 2 aromatic rings. The van der Waals surface area contributed by atoms with Crippen LogP contribution >= 0.6 is 11.6 Å². The van der Waals surface area contributed by atoms with Crippen molar-refractivity contribution < 1.29 is 8.95 Å². The lowest BCUT2D eigenvalue weighted by Gasteiger charge is -2.29. The van der Waals surface area contributed by atoms with Crippen LogP contribution in [-0.4, -0.2) is 34.8 Å². The molecule has 0 bridgehead atoms. The summed E-state index contributed by atoms with van der Waals surface area (Å²) in [5.41, 5.74) is 0.657. The van der Waals surface area contributed by atoms with Crippen molar-refractivity contribution >= 4 is 27.2 Å². The standard InChI is InChI=1S/C16H17ClN2O2S/c17-14-6-8-15(9-7-14)18-22(20,16-4-2-1-3-5-16)19-10-12-21-13-11-19/h1-9H,10-13H2. The van der Waals surface area contributed by atoms with Crippen LogP contribution in [0.5, 0.6) is 0 Å². The fraction of sp³-hybridized carbons (Fsp3) is 0.250. The molecular formula is C16H17ClN2O2S. The van der Waals surface area contributed by atoms with Crippen molar-refractivity contribution in [2.75, 3.05) is 26.3 Å². The Bertz CT molecular complexity index is 735. The molecule has 116 valence electrons. The third-order valence-corrected chi connectivity index (χ3v) is 6.09. The molecule has 0 saturated carbocycles. The van der Waals surface area contributed by atoms with Crippen molar-refractivity contribution in [1.82, 2.24) is 4.31 Å². The van der Waals surface area contributed by atoms with Crippen molar-refractivity contribution in [2.45, 2.75) is 4.90 Å². The average molecular weight is 337 g/mol. The van der Waals surface area contributed by atoms with Gasteiger partial charge in [-0.2, -0.15) is 4.36 Å². The van der Waals surface area contributed by atoms with Crippen molar-refractivity contribution in [3.63, 3.8) is 0 Å². The van der Waals surface area contributed by atoms with E-state index in [1.54, 1.807) is 24.3 Å². The Kier molecular flexibility index (Phi) is 4.78. The van der Waals surface area contributed by atoms with Gasteiger partial charge in [-0.1, -0.05) is 29.8 Å². The summed E-state index contributed by atoms with van der Waals surface area (Å²) in [6, 6.07) is 16.5. The van der Waals surface area contributed by atoms with Crippen molar-refractivity contribution in [3.8, 4) is 0 Å². The molecule has 0 aliphatic carbocycles. The molecule has 1 saturated heterocycles. The van der Waals surface area contributed by atoms with Gasteiger partial charge in [-0.15, -0.1) is 0 Å². The Morgan fingerprint density at radius 3 is 2.27 bits per heavy atom. The Hall–Kier alpha value is -1.40. The topological polar surface area (TPSA) is 41.9 Å². The molecule has 22 heavy (non-hydrogen) atoms. The van der Waals surface area contributed by atoms with Crippen LogP contribution in [0.1, 0.15) is 0 Å². The van der Waals surface area contributed by atoms with Crippen LogP contribution in [0.4, 0.5) is 5.69 Å². The molecule has 0 radical (unpaired) electrons. The average Bonchev–Trinajstić information content (AvgIpc) is 2.58. The number of hydrogen-bond acceptors (Lipinski definition) is 3. The zero-order valence-electron chi connectivity index (χ0n) is 12.0. The second-order valence-corrected chi connectivity index (χ2v) is 7.52. The van der Waals surface area contributed by atoms with Crippen LogP contribution in [0.15, 0.2) is 63.9 Å². The van der Waals surface area contributed by atoms with Crippen molar-refractivity contribution in [3.05, 3.63) is 59.6 Å². The summed E-state index contributed by atoms with van der Waals surface area (Å²) in [5.74, 6) is 0. The Morgan fingerprint density at radius 2 is 1.64 bits per heavy atom. The maximum absolute atomic E-state index is 13.7. The highest BCUT2D eigenvalue weighted by Gasteiger charge is 2.24. The second kappa shape index (κ2) is 6.79. The summed E-state index contributed by atoms with van der Waals surface area (Å²) in [6.45, 7) is 2.34. The van der Waals surface area contributed by atoms with E-state index in [0.717, 1.165) is 0 Å². The summed E-state index contributed by atoms with van der Waals surface area (Å²) in [4.78, 5) is 0.715. The zero-order chi connectivity index (χ0) is 15.4. The summed E-state index contributed by atoms with van der Waals surface area (Å²) in [6.07, 6.45) is 0. The number of hydrogen-bond donors (Lipinski definition) is 0. The minimum Gasteiger partial charge on any atom is -0.379 e. The van der Waals surface area contributed by atoms with E-state index >= 15 is 0 Å². The minimum absolute atomic E-state index is 0.569. The van der Waals surface area contributed by atoms with Gasteiger partial charge in [0.2, 0.25) is 0 Å². The molecule has 6 heteroatoms. The van der Waals surface area contributed by atoms with Gasteiger partial charge in [0.05, 0.1) is 23.8 Å². The maximum Gasteiger partial charge on any atom is 0.144 e. The molecular weight excluding hydrogens is 320 g/mol. The maximum atomic E-state index is 13.7. The number of morpholine rings is 1. The predicted octanol–water partition coefficient (Wildman–Crippen LogP) is 3.75. The fourth-order valence-electron chi connectivity index (χ4n) is 2.30. The molecule has 0 amide bonds. The Morgan fingerprint density at radius 1 is 1.00 bits per heavy atom. The van der Waals surface area contributed by atoms with Gasteiger partial charge in [-0.05, 0) is 36.4 Å². The molecule has 1 atom stereocenters. The molecule has 2 aromatic carbocycles. The highest BCUT2D eigenvalue weighted by atomic mass is 35.5. The molecule has 4 nitrogen and oxygen atoms in total. The van der Waals surface area contributed by atoms with Gasteiger partial charge >= 0.3 is 0 Å². The van der Waals surface area contributed by atoms with Gasteiger partial charge in [0, 0.05) is 18.1 Å². The molecule has 0 N–H and O–H groups in total. The van der Waals surface area contributed by atoms with Gasteiger partial charge in [0.15, 0.2) is 0 Å². The summed E-state index contributed by atoms with van der Waals surface area (Å²) < 4.78 is 25.5. The molecule has 1 aliphatic rings. The fourth-order valence-corrected chi connectivity index (χ4v) is 4.50. The lowest BCUT2D eigenvalue weighted by molar-refractivity contribution is 0.0745.